The molecule has 1 aliphatic rings. The molecule has 2 N–H and O–H groups in total. The molecule has 9 nitrogen and oxygen atoms in total. The lowest BCUT2D eigenvalue weighted by atomic mass is 10.0. The van der Waals surface area contributed by atoms with E-state index in [9.17, 15) is 36.2 Å². The average Bonchev–Trinajstić information content (AvgIpc) is 3.05. The lowest BCUT2D eigenvalue weighted by Gasteiger charge is -2.27. The number of alkyl halides is 3. The molecule has 2 heterocycles. The molecule has 0 unspecified atom stereocenters. The van der Waals surface area contributed by atoms with Crippen LogP contribution in [-0.2, 0) is 16.2 Å². The summed E-state index contributed by atoms with van der Waals surface area (Å²) in [6.45, 7) is 4.74. The van der Waals surface area contributed by atoms with Gasteiger partial charge in [-0.15, -0.1) is 0 Å². The molecule has 2 aromatic rings. The largest absolute Gasteiger partial charge is 0.486 e. The predicted octanol–water partition coefficient (Wildman–Crippen LogP) is 1.36. The molecule has 1 aliphatic heterocycles. The van der Waals surface area contributed by atoms with E-state index in [1.165, 1.54) is 6.07 Å². The van der Waals surface area contributed by atoms with Gasteiger partial charge in [0.05, 0.1) is 32.1 Å². The van der Waals surface area contributed by atoms with Crippen molar-refractivity contribution in [3.63, 3.8) is 0 Å². The first-order valence-corrected chi connectivity index (χ1v) is 9.91. The number of nitrogens with zero attached hydrogens (tertiary/aromatic N) is 4. The standard InChI is InChI=1S/C17H14F4N4O5S/c1-22-13-3-2-10(4-12(13)18)30-14-7-25(8-16(14,27)9-26)31(28,29)11-5-23-15(24-6-11)17(19,20)21/h2-6,14,26-27H,7-9H2/t14-,16+/m0/s1. The van der Waals surface area contributed by atoms with E-state index in [0.29, 0.717) is 16.7 Å². The third-order valence-corrected chi connectivity index (χ3v) is 6.29. The molecule has 1 aromatic heterocycles. The number of sulfonamides is 1. The van der Waals surface area contributed by atoms with Crippen LogP contribution in [0.1, 0.15) is 5.82 Å². The van der Waals surface area contributed by atoms with Crippen molar-refractivity contribution in [2.75, 3.05) is 19.7 Å². The highest BCUT2D eigenvalue weighted by molar-refractivity contribution is 7.89. The van der Waals surface area contributed by atoms with Crippen LogP contribution in [0.2, 0.25) is 0 Å². The average molecular weight is 462 g/mol. The molecular formula is C17H14F4N4O5S. The number of aliphatic hydroxyl groups is 2. The van der Waals surface area contributed by atoms with Gasteiger partial charge in [-0.2, -0.15) is 17.5 Å². The van der Waals surface area contributed by atoms with E-state index < -0.39 is 64.1 Å². The minimum absolute atomic E-state index is 0.126. The molecule has 0 bridgehead atoms. The van der Waals surface area contributed by atoms with Crippen LogP contribution in [0, 0.1) is 12.4 Å². The number of ether oxygens (including phenoxy) is 1. The van der Waals surface area contributed by atoms with Crippen molar-refractivity contribution < 1.29 is 40.9 Å². The molecule has 1 saturated heterocycles. The normalized spacial score (nSPS) is 22.3. The predicted molar refractivity (Wildman–Crippen MR) is 94.9 cm³/mol. The molecule has 0 radical (unpaired) electrons. The third-order valence-electron chi connectivity index (χ3n) is 4.53. The van der Waals surface area contributed by atoms with Crippen LogP contribution < -0.4 is 4.74 Å². The van der Waals surface area contributed by atoms with Gasteiger partial charge >= 0.3 is 6.18 Å². The second-order valence-electron chi connectivity index (χ2n) is 6.63. The minimum Gasteiger partial charge on any atom is -0.486 e. The number of β-amino-alcohol motifs (C(OH)–C–C–N with tert-alkyl or cyclic N) is 1. The smallest absolute Gasteiger partial charge is 0.451 e. The van der Waals surface area contributed by atoms with Gasteiger partial charge in [0.15, 0.2) is 0 Å². The second-order valence-corrected chi connectivity index (χ2v) is 8.57. The lowest BCUT2D eigenvalue weighted by molar-refractivity contribution is -0.145. The van der Waals surface area contributed by atoms with Crippen molar-refractivity contribution in [1.82, 2.24) is 14.3 Å². The van der Waals surface area contributed by atoms with E-state index in [1.54, 1.807) is 0 Å². The van der Waals surface area contributed by atoms with Crippen LogP contribution in [0.5, 0.6) is 5.75 Å². The highest BCUT2D eigenvalue weighted by Gasteiger charge is 2.51. The van der Waals surface area contributed by atoms with Crippen LogP contribution in [0.3, 0.4) is 0 Å². The van der Waals surface area contributed by atoms with E-state index >= 15 is 0 Å². The summed E-state index contributed by atoms with van der Waals surface area (Å²) in [6.07, 6.45) is -5.24. The lowest BCUT2D eigenvalue weighted by Crippen LogP contribution is -2.48. The maximum absolute atomic E-state index is 13.8. The SMILES string of the molecule is [C-]#[N+]c1ccc(O[C@H]2CN(S(=O)(=O)c3cnc(C(F)(F)F)nc3)C[C@@]2(O)CO)cc1F. The van der Waals surface area contributed by atoms with E-state index in [-0.39, 0.29) is 11.4 Å². The molecule has 14 heteroatoms. The van der Waals surface area contributed by atoms with Gasteiger partial charge in [-0.25, -0.2) is 27.6 Å². The van der Waals surface area contributed by atoms with Gasteiger partial charge in [0.25, 0.3) is 0 Å². The molecule has 166 valence electrons. The Morgan fingerprint density at radius 3 is 2.48 bits per heavy atom. The summed E-state index contributed by atoms with van der Waals surface area (Å²) in [5, 5.41) is 20.2. The molecule has 31 heavy (non-hydrogen) atoms. The number of aliphatic hydroxyl groups excluding tert-OH is 1. The van der Waals surface area contributed by atoms with Crippen LogP contribution in [0.25, 0.3) is 4.85 Å². The Balaban J connectivity index is 1.85. The molecule has 2 atom stereocenters. The Kier molecular flexibility index (Phi) is 5.89. The maximum Gasteiger partial charge on any atom is 0.451 e. The fraction of sp³-hybridized carbons (Fsp3) is 0.353. The summed E-state index contributed by atoms with van der Waals surface area (Å²) in [5.41, 5.74) is -2.36. The first-order valence-electron chi connectivity index (χ1n) is 8.47. The zero-order valence-corrected chi connectivity index (χ0v) is 16.2. The van der Waals surface area contributed by atoms with Gasteiger partial charge in [0.1, 0.15) is 28.2 Å². The molecule has 0 aliphatic carbocycles. The number of hydrogen-bond acceptors (Lipinski definition) is 7. The summed E-state index contributed by atoms with van der Waals surface area (Å²) in [5.74, 6) is -2.55. The van der Waals surface area contributed by atoms with E-state index in [2.05, 4.69) is 14.8 Å². The van der Waals surface area contributed by atoms with Crippen molar-refractivity contribution in [3.8, 4) is 5.75 Å². The zero-order valence-electron chi connectivity index (χ0n) is 15.4. The first-order chi connectivity index (χ1) is 14.4. The fourth-order valence-electron chi connectivity index (χ4n) is 2.87. The Morgan fingerprint density at radius 1 is 1.32 bits per heavy atom. The molecule has 0 saturated carbocycles. The molecule has 1 fully saturated rings. The van der Waals surface area contributed by atoms with Gasteiger partial charge < -0.3 is 14.9 Å². The van der Waals surface area contributed by atoms with E-state index in [4.69, 9.17) is 11.3 Å². The number of aromatic nitrogens is 2. The summed E-state index contributed by atoms with van der Waals surface area (Å²) < 4.78 is 83.2. The molecule has 1 aromatic carbocycles. The number of benzene rings is 1. The van der Waals surface area contributed by atoms with Crippen molar-refractivity contribution in [3.05, 3.63) is 53.7 Å². The van der Waals surface area contributed by atoms with Gasteiger partial charge in [0, 0.05) is 12.6 Å². The topological polar surface area (TPSA) is 117 Å². The van der Waals surface area contributed by atoms with Crippen LogP contribution in [0.15, 0.2) is 35.5 Å². The van der Waals surface area contributed by atoms with Gasteiger partial charge in [-0.05, 0) is 12.1 Å². The second kappa shape index (κ2) is 8.00. The van der Waals surface area contributed by atoms with Crippen LogP contribution in [-0.4, -0.2) is 64.3 Å². The minimum atomic E-state index is -4.86. The molecule has 3 rings (SSSR count). The van der Waals surface area contributed by atoms with Crippen molar-refractivity contribution in [1.29, 1.82) is 0 Å². The summed E-state index contributed by atoms with van der Waals surface area (Å²) >= 11 is 0. The van der Waals surface area contributed by atoms with Crippen LogP contribution >= 0.6 is 0 Å². The van der Waals surface area contributed by atoms with Gasteiger partial charge in [0.2, 0.25) is 21.5 Å². The Hall–Kier alpha value is -2.86. The fourth-order valence-corrected chi connectivity index (χ4v) is 4.26. The van der Waals surface area contributed by atoms with Gasteiger partial charge in [-0.1, -0.05) is 0 Å². The van der Waals surface area contributed by atoms with E-state index in [0.717, 1.165) is 12.1 Å². The first kappa shape index (κ1) is 22.8. The monoisotopic (exact) mass is 462 g/mol. The quantitative estimate of drug-likeness (QED) is 0.509. The van der Waals surface area contributed by atoms with Crippen LogP contribution in [0.4, 0.5) is 23.2 Å². The summed E-state index contributed by atoms with van der Waals surface area (Å²) in [7, 11) is -4.45. The maximum atomic E-state index is 13.8. The number of halogens is 4. The Labute approximate surface area is 173 Å². The molecular weight excluding hydrogens is 448 g/mol. The third kappa shape index (κ3) is 4.44. The molecule has 0 amide bonds. The van der Waals surface area contributed by atoms with E-state index in [1.807, 2.05) is 0 Å². The molecule has 0 spiro atoms. The van der Waals surface area contributed by atoms with Crippen molar-refractivity contribution in [2.45, 2.75) is 22.8 Å². The summed E-state index contributed by atoms with van der Waals surface area (Å²) in [4.78, 5) is 8.30. The summed E-state index contributed by atoms with van der Waals surface area (Å²) in [6, 6.07) is 3.22. The number of rotatable bonds is 5. The Bertz CT molecular complexity index is 1120. The highest BCUT2D eigenvalue weighted by atomic mass is 32.2. The Morgan fingerprint density at radius 2 is 1.97 bits per heavy atom. The van der Waals surface area contributed by atoms with Gasteiger partial charge in [-0.3, -0.25) is 0 Å². The zero-order chi connectivity index (χ0) is 23.0. The van der Waals surface area contributed by atoms with Crippen molar-refractivity contribution in [2.24, 2.45) is 0 Å². The highest BCUT2D eigenvalue weighted by Crippen LogP contribution is 2.32. The van der Waals surface area contributed by atoms with Crippen molar-refractivity contribution >= 4 is 15.7 Å². The number of hydrogen-bond donors (Lipinski definition) is 2.